The summed E-state index contributed by atoms with van der Waals surface area (Å²) in [7, 11) is 1.68. The second kappa shape index (κ2) is 6.88. The lowest BCUT2D eigenvalue weighted by molar-refractivity contribution is -0.384. The molecule has 0 aliphatic carbocycles. The molecule has 1 aromatic rings. The molecule has 1 amide bonds. The Hall–Kier alpha value is -2.11. The number of nitro benzene ring substituents is 1. The number of carbonyl (C=O) groups is 1. The number of rotatable bonds is 6. The second-order valence-electron chi connectivity index (χ2n) is 5.17. The predicted molar refractivity (Wildman–Crippen MR) is 79.0 cm³/mol. The van der Waals surface area contributed by atoms with Crippen LogP contribution in [0.25, 0.3) is 0 Å². The van der Waals surface area contributed by atoms with Crippen molar-refractivity contribution in [2.24, 2.45) is 11.8 Å². The summed E-state index contributed by atoms with van der Waals surface area (Å²) in [6.07, 6.45) is 0. The summed E-state index contributed by atoms with van der Waals surface area (Å²) in [6, 6.07) is 4.21. The van der Waals surface area contributed by atoms with Crippen molar-refractivity contribution >= 4 is 17.3 Å². The molecule has 1 atom stereocenters. The van der Waals surface area contributed by atoms with Crippen LogP contribution in [-0.2, 0) is 0 Å². The number of hydrogen-bond donors (Lipinski definition) is 2. The molecule has 1 rings (SSSR count). The molecule has 0 radical (unpaired) electrons. The van der Waals surface area contributed by atoms with E-state index < -0.39 is 4.92 Å². The summed E-state index contributed by atoms with van der Waals surface area (Å²) in [5.41, 5.74) is 0.772. The first-order chi connectivity index (χ1) is 9.36. The molecular weight excluding hydrogens is 258 g/mol. The van der Waals surface area contributed by atoms with E-state index in [1.165, 1.54) is 12.1 Å². The highest BCUT2D eigenvalue weighted by atomic mass is 16.6. The van der Waals surface area contributed by atoms with Crippen molar-refractivity contribution in [1.29, 1.82) is 0 Å². The van der Waals surface area contributed by atoms with E-state index >= 15 is 0 Å². The smallest absolute Gasteiger partial charge is 0.270 e. The zero-order valence-electron chi connectivity index (χ0n) is 12.3. The highest BCUT2D eigenvalue weighted by Gasteiger charge is 2.17. The van der Waals surface area contributed by atoms with Crippen molar-refractivity contribution in [2.45, 2.75) is 20.8 Å². The van der Waals surface area contributed by atoms with Gasteiger partial charge in [-0.25, -0.2) is 0 Å². The Morgan fingerprint density at radius 3 is 2.50 bits per heavy atom. The van der Waals surface area contributed by atoms with Gasteiger partial charge in [-0.3, -0.25) is 14.9 Å². The number of nitro groups is 1. The fraction of sp³-hybridized carbons (Fsp3) is 0.500. The number of nitrogens with zero attached hydrogens (tertiary/aromatic N) is 1. The molecule has 1 unspecified atom stereocenters. The quantitative estimate of drug-likeness (QED) is 0.619. The van der Waals surface area contributed by atoms with Gasteiger partial charge in [0.25, 0.3) is 11.6 Å². The molecule has 0 fully saturated rings. The summed E-state index contributed by atoms with van der Waals surface area (Å²) in [6.45, 7) is 6.77. The topological polar surface area (TPSA) is 84.3 Å². The van der Waals surface area contributed by atoms with Crippen LogP contribution in [0.4, 0.5) is 11.4 Å². The van der Waals surface area contributed by atoms with Crippen LogP contribution >= 0.6 is 0 Å². The largest absolute Gasteiger partial charge is 0.387 e. The second-order valence-corrected chi connectivity index (χ2v) is 5.17. The maximum Gasteiger partial charge on any atom is 0.270 e. The van der Waals surface area contributed by atoms with E-state index in [1.807, 2.05) is 0 Å². The van der Waals surface area contributed by atoms with E-state index in [0.717, 1.165) is 0 Å². The number of nitrogens with one attached hydrogen (secondary N) is 2. The third kappa shape index (κ3) is 3.94. The zero-order chi connectivity index (χ0) is 15.3. The molecule has 20 heavy (non-hydrogen) atoms. The maximum atomic E-state index is 12.2. The highest BCUT2D eigenvalue weighted by Crippen LogP contribution is 2.22. The average molecular weight is 279 g/mol. The normalized spacial score (nSPS) is 12.1. The highest BCUT2D eigenvalue weighted by molar-refractivity contribution is 6.00. The molecule has 0 aromatic heterocycles. The summed E-state index contributed by atoms with van der Waals surface area (Å²) in [5.74, 6) is 0.505. The lowest BCUT2D eigenvalue weighted by Crippen LogP contribution is -2.30. The Morgan fingerprint density at radius 1 is 1.35 bits per heavy atom. The van der Waals surface area contributed by atoms with Gasteiger partial charge in [-0.15, -0.1) is 0 Å². The van der Waals surface area contributed by atoms with Crippen LogP contribution in [0.15, 0.2) is 18.2 Å². The number of amides is 1. The van der Waals surface area contributed by atoms with Crippen LogP contribution in [0.3, 0.4) is 0 Å². The summed E-state index contributed by atoms with van der Waals surface area (Å²) >= 11 is 0. The van der Waals surface area contributed by atoms with Crippen molar-refractivity contribution in [2.75, 3.05) is 18.9 Å². The van der Waals surface area contributed by atoms with Gasteiger partial charge in [0.1, 0.15) is 0 Å². The van der Waals surface area contributed by atoms with Crippen LogP contribution < -0.4 is 10.6 Å². The zero-order valence-corrected chi connectivity index (χ0v) is 12.3. The first-order valence-corrected chi connectivity index (χ1v) is 6.61. The van der Waals surface area contributed by atoms with E-state index in [2.05, 4.69) is 31.4 Å². The summed E-state index contributed by atoms with van der Waals surface area (Å²) in [5, 5.41) is 16.5. The van der Waals surface area contributed by atoms with Crippen molar-refractivity contribution < 1.29 is 9.72 Å². The minimum Gasteiger partial charge on any atom is -0.387 e. The number of non-ortho nitro benzene ring substituents is 1. The third-order valence-corrected chi connectivity index (χ3v) is 3.45. The van der Waals surface area contributed by atoms with E-state index in [9.17, 15) is 14.9 Å². The Labute approximate surface area is 118 Å². The lowest BCUT2D eigenvalue weighted by atomic mass is 9.98. The molecule has 0 aliphatic heterocycles. The third-order valence-electron chi connectivity index (χ3n) is 3.45. The minimum atomic E-state index is -0.507. The fourth-order valence-electron chi connectivity index (χ4n) is 1.64. The van der Waals surface area contributed by atoms with Gasteiger partial charge in [-0.2, -0.15) is 0 Å². The van der Waals surface area contributed by atoms with Gasteiger partial charge in [0.2, 0.25) is 0 Å². The van der Waals surface area contributed by atoms with E-state index in [4.69, 9.17) is 0 Å². The minimum absolute atomic E-state index is 0.0916. The molecule has 0 spiro atoms. The SMILES string of the molecule is CNc1ccc([N+](=O)[O-])cc1C(=O)NCC(C)C(C)C. The molecule has 2 N–H and O–H groups in total. The molecule has 0 saturated carbocycles. The van der Waals surface area contributed by atoms with Crippen LogP contribution in [-0.4, -0.2) is 24.4 Å². The summed E-state index contributed by atoms with van der Waals surface area (Å²) in [4.78, 5) is 22.4. The summed E-state index contributed by atoms with van der Waals surface area (Å²) < 4.78 is 0. The Bertz CT molecular complexity index is 500. The lowest BCUT2D eigenvalue weighted by Gasteiger charge is -2.16. The average Bonchev–Trinajstić information content (AvgIpc) is 2.43. The number of hydrogen-bond acceptors (Lipinski definition) is 4. The molecule has 0 heterocycles. The van der Waals surface area contributed by atoms with Crippen LogP contribution in [0, 0.1) is 22.0 Å². The van der Waals surface area contributed by atoms with Crippen molar-refractivity contribution in [3.63, 3.8) is 0 Å². The standard InChI is InChI=1S/C14H21N3O3/c1-9(2)10(3)8-16-14(18)12-7-11(17(19)20)5-6-13(12)15-4/h5-7,9-10,15H,8H2,1-4H3,(H,16,18). The Kier molecular flexibility index (Phi) is 5.49. The van der Waals surface area contributed by atoms with Gasteiger partial charge in [0.15, 0.2) is 0 Å². The first-order valence-electron chi connectivity index (χ1n) is 6.61. The van der Waals surface area contributed by atoms with Gasteiger partial charge >= 0.3 is 0 Å². The van der Waals surface area contributed by atoms with Gasteiger partial charge in [0.05, 0.1) is 10.5 Å². The Morgan fingerprint density at radius 2 is 2.00 bits per heavy atom. The van der Waals surface area contributed by atoms with Gasteiger partial charge in [0, 0.05) is 31.4 Å². The van der Waals surface area contributed by atoms with Crippen LogP contribution in [0.2, 0.25) is 0 Å². The predicted octanol–water partition coefficient (Wildman–Crippen LogP) is 2.66. The molecule has 110 valence electrons. The number of anilines is 1. The molecular formula is C14H21N3O3. The molecule has 0 bridgehead atoms. The monoisotopic (exact) mass is 279 g/mol. The van der Waals surface area contributed by atoms with Crippen molar-refractivity contribution in [1.82, 2.24) is 5.32 Å². The molecule has 0 aliphatic rings. The van der Waals surface area contributed by atoms with E-state index in [0.29, 0.717) is 24.1 Å². The van der Waals surface area contributed by atoms with E-state index in [-0.39, 0.29) is 17.2 Å². The van der Waals surface area contributed by atoms with Crippen molar-refractivity contribution in [3.8, 4) is 0 Å². The van der Waals surface area contributed by atoms with Gasteiger partial charge < -0.3 is 10.6 Å². The Balaban J connectivity index is 2.90. The molecule has 6 nitrogen and oxygen atoms in total. The van der Waals surface area contributed by atoms with Gasteiger partial charge in [-0.1, -0.05) is 20.8 Å². The van der Waals surface area contributed by atoms with Crippen molar-refractivity contribution in [3.05, 3.63) is 33.9 Å². The number of carbonyl (C=O) groups excluding carboxylic acids is 1. The number of benzene rings is 1. The first kappa shape index (κ1) is 15.9. The molecule has 6 heteroatoms. The van der Waals surface area contributed by atoms with Crippen LogP contribution in [0.5, 0.6) is 0 Å². The van der Waals surface area contributed by atoms with Gasteiger partial charge in [-0.05, 0) is 17.9 Å². The van der Waals surface area contributed by atoms with E-state index in [1.54, 1.807) is 13.1 Å². The molecule has 1 aromatic carbocycles. The van der Waals surface area contributed by atoms with Crippen LogP contribution in [0.1, 0.15) is 31.1 Å². The molecule has 0 saturated heterocycles. The maximum absolute atomic E-state index is 12.2. The fourth-order valence-corrected chi connectivity index (χ4v) is 1.64.